The van der Waals surface area contributed by atoms with Gasteiger partial charge in [0, 0.05) is 44.7 Å². The quantitative estimate of drug-likeness (QED) is 0.557. The van der Waals surface area contributed by atoms with Gasteiger partial charge in [-0.1, -0.05) is 12.1 Å². The summed E-state index contributed by atoms with van der Waals surface area (Å²) in [6.45, 7) is 1.05. The van der Waals surface area contributed by atoms with Crippen LogP contribution in [0.25, 0.3) is 11.0 Å². The molecule has 1 fully saturated rings. The molecule has 2 aromatic carbocycles. The van der Waals surface area contributed by atoms with Crippen LogP contribution in [0.2, 0.25) is 0 Å². The van der Waals surface area contributed by atoms with Crippen molar-refractivity contribution in [3.63, 3.8) is 0 Å². The molecular formula is C20H21BrN4O4S. The molecule has 1 saturated heterocycles. The van der Waals surface area contributed by atoms with Gasteiger partial charge >= 0.3 is 5.69 Å². The molecule has 4 rings (SSSR count). The number of aromatic nitrogens is 2. The Labute approximate surface area is 182 Å². The molecule has 0 atom stereocenters. The third-order valence-electron chi connectivity index (χ3n) is 5.51. The highest BCUT2D eigenvalue weighted by Gasteiger charge is 2.31. The summed E-state index contributed by atoms with van der Waals surface area (Å²) in [6, 6.07) is 11.9. The molecule has 3 aromatic rings. The number of rotatable bonds is 3. The molecule has 2 heterocycles. The Morgan fingerprint density at radius 1 is 0.933 bits per heavy atom. The topological polar surface area (TPSA) is 84.6 Å². The highest BCUT2D eigenvalue weighted by Crippen LogP contribution is 2.23. The molecule has 30 heavy (non-hydrogen) atoms. The van der Waals surface area contributed by atoms with E-state index in [1.54, 1.807) is 43.3 Å². The minimum atomic E-state index is -3.73. The molecule has 0 bridgehead atoms. The second kappa shape index (κ2) is 7.68. The average Bonchev–Trinajstić information content (AvgIpc) is 2.97. The van der Waals surface area contributed by atoms with Crippen molar-refractivity contribution in [1.29, 1.82) is 0 Å². The summed E-state index contributed by atoms with van der Waals surface area (Å²) in [6.07, 6.45) is 0. The van der Waals surface area contributed by atoms with Gasteiger partial charge in [0.05, 0.1) is 21.5 Å². The largest absolute Gasteiger partial charge is 0.336 e. The van der Waals surface area contributed by atoms with E-state index in [1.807, 2.05) is 6.07 Å². The summed E-state index contributed by atoms with van der Waals surface area (Å²) in [5.41, 5.74) is 1.58. The van der Waals surface area contributed by atoms with Crippen molar-refractivity contribution in [3.05, 3.63) is 63.0 Å². The minimum absolute atomic E-state index is 0.125. The number of aryl methyl sites for hydroxylation is 2. The first-order chi connectivity index (χ1) is 14.2. The Morgan fingerprint density at radius 3 is 2.23 bits per heavy atom. The molecule has 158 valence electrons. The van der Waals surface area contributed by atoms with Gasteiger partial charge in [-0.05, 0) is 46.3 Å². The lowest BCUT2D eigenvalue weighted by Gasteiger charge is -2.34. The Bertz CT molecular complexity index is 1300. The maximum atomic E-state index is 13.2. The van der Waals surface area contributed by atoms with Crippen LogP contribution in [0.4, 0.5) is 0 Å². The Hall–Kier alpha value is -2.43. The highest BCUT2D eigenvalue weighted by molar-refractivity contribution is 9.10. The number of amides is 1. The van der Waals surface area contributed by atoms with Crippen LogP contribution in [0.15, 0.2) is 56.6 Å². The Kier molecular flexibility index (Phi) is 5.33. The molecule has 1 aliphatic rings. The third kappa shape index (κ3) is 3.38. The van der Waals surface area contributed by atoms with E-state index >= 15 is 0 Å². The van der Waals surface area contributed by atoms with Crippen molar-refractivity contribution in [2.24, 2.45) is 14.1 Å². The molecule has 1 aliphatic heterocycles. The predicted molar refractivity (Wildman–Crippen MR) is 117 cm³/mol. The lowest BCUT2D eigenvalue weighted by molar-refractivity contribution is 0.0697. The van der Waals surface area contributed by atoms with Crippen molar-refractivity contribution >= 4 is 42.9 Å². The Morgan fingerprint density at radius 2 is 1.57 bits per heavy atom. The molecule has 0 unspecified atom stereocenters. The van der Waals surface area contributed by atoms with Gasteiger partial charge in [0.2, 0.25) is 10.0 Å². The molecule has 0 N–H and O–H groups in total. The van der Waals surface area contributed by atoms with Crippen LogP contribution >= 0.6 is 15.9 Å². The summed E-state index contributed by atoms with van der Waals surface area (Å²) < 4.78 is 31.3. The SMILES string of the molecule is Cn1c(=O)n(C)c2cc(S(=O)(=O)N3CCN(C(=O)c4ccccc4Br)CC3)ccc21. The number of carbonyl (C=O) groups is 1. The fourth-order valence-corrected chi connectivity index (χ4v) is 5.63. The number of benzene rings is 2. The molecule has 1 amide bonds. The van der Waals surface area contributed by atoms with Gasteiger partial charge in [0.1, 0.15) is 0 Å². The van der Waals surface area contributed by atoms with Crippen LogP contribution in [-0.4, -0.2) is 58.8 Å². The molecule has 10 heteroatoms. The second-order valence-electron chi connectivity index (χ2n) is 7.23. The number of piperazine rings is 1. The van der Waals surface area contributed by atoms with E-state index in [0.717, 1.165) is 0 Å². The number of hydrogen-bond acceptors (Lipinski definition) is 4. The van der Waals surface area contributed by atoms with Gasteiger partial charge in [-0.25, -0.2) is 13.2 Å². The van der Waals surface area contributed by atoms with Crippen molar-refractivity contribution in [1.82, 2.24) is 18.3 Å². The Balaban J connectivity index is 1.55. The van der Waals surface area contributed by atoms with Gasteiger partial charge < -0.3 is 4.90 Å². The minimum Gasteiger partial charge on any atom is -0.336 e. The number of carbonyl (C=O) groups excluding carboxylic acids is 1. The first-order valence-corrected chi connectivity index (χ1v) is 11.6. The van der Waals surface area contributed by atoms with Crippen LogP contribution in [0.5, 0.6) is 0 Å². The number of nitrogens with zero attached hydrogens (tertiary/aromatic N) is 4. The number of halogens is 1. The van der Waals surface area contributed by atoms with Crippen LogP contribution < -0.4 is 5.69 Å². The van der Waals surface area contributed by atoms with E-state index in [9.17, 15) is 18.0 Å². The normalized spacial score (nSPS) is 15.6. The summed E-state index contributed by atoms with van der Waals surface area (Å²) in [7, 11) is -0.463. The zero-order valence-electron chi connectivity index (χ0n) is 16.6. The molecular weight excluding hydrogens is 472 g/mol. The van der Waals surface area contributed by atoms with Gasteiger partial charge in [-0.3, -0.25) is 13.9 Å². The second-order valence-corrected chi connectivity index (χ2v) is 10.0. The van der Waals surface area contributed by atoms with E-state index in [0.29, 0.717) is 34.2 Å². The molecule has 8 nitrogen and oxygen atoms in total. The van der Waals surface area contributed by atoms with Crippen LogP contribution in [0.1, 0.15) is 10.4 Å². The number of sulfonamides is 1. The molecule has 0 spiro atoms. The molecule has 0 aliphatic carbocycles. The lowest BCUT2D eigenvalue weighted by Crippen LogP contribution is -2.50. The van der Waals surface area contributed by atoms with Gasteiger partial charge in [0.25, 0.3) is 5.91 Å². The van der Waals surface area contributed by atoms with Crippen molar-refractivity contribution < 1.29 is 13.2 Å². The summed E-state index contributed by atoms with van der Waals surface area (Å²) in [5.74, 6) is -0.125. The molecule has 0 saturated carbocycles. The molecule has 0 radical (unpaired) electrons. The maximum absolute atomic E-state index is 13.2. The first kappa shape index (κ1) is 20.8. The average molecular weight is 493 g/mol. The van der Waals surface area contributed by atoms with Crippen LogP contribution in [0.3, 0.4) is 0 Å². The maximum Gasteiger partial charge on any atom is 0.328 e. The highest BCUT2D eigenvalue weighted by atomic mass is 79.9. The molecule has 1 aromatic heterocycles. The summed E-state index contributed by atoms with van der Waals surface area (Å²) in [4.78, 5) is 26.7. The van der Waals surface area contributed by atoms with Crippen molar-refractivity contribution in [2.45, 2.75) is 4.90 Å². The van der Waals surface area contributed by atoms with Crippen molar-refractivity contribution in [2.75, 3.05) is 26.2 Å². The van der Waals surface area contributed by atoms with Gasteiger partial charge in [-0.2, -0.15) is 4.31 Å². The van der Waals surface area contributed by atoms with Crippen LogP contribution in [0, 0.1) is 0 Å². The van der Waals surface area contributed by atoms with E-state index in [2.05, 4.69) is 15.9 Å². The van der Waals surface area contributed by atoms with E-state index < -0.39 is 10.0 Å². The number of fused-ring (bicyclic) bond motifs is 1. The van der Waals surface area contributed by atoms with Gasteiger partial charge in [0.15, 0.2) is 0 Å². The standard InChI is InChI=1S/C20H21BrN4O4S/c1-22-17-8-7-14(13-18(17)23(2)20(22)27)30(28,29)25-11-9-24(10-12-25)19(26)15-5-3-4-6-16(15)21/h3-8,13H,9-12H2,1-2H3. The smallest absolute Gasteiger partial charge is 0.328 e. The lowest BCUT2D eigenvalue weighted by atomic mass is 10.2. The monoisotopic (exact) mass is 492 g/mol. The number of hydrogen-bond donors (Lipinski definition) is 0. The summed E-state index contributed by atoms with van der Waals surface area (Å²) >= 11 is 3.39. The zero-order valence-corrected chi connectivity index (χ0v) is 19.0. The zero-order chi connectivity index (χ0) is 21.6. The van der Waals surface area contributed by atoms with E-state index in [-0.39, 0.29) is 29.6 Å². The van der Waals surface area contributed by atoms with E-state index in [4.69, 9.17) is 0 Å². The van der Waals surface area contributed by atoms with Gasteiger partial charge in [-0.15, -0.1) is 0 Å². The summed E-state index contributed by atoms with van der Waals surface area (Å²) in [5, 5.41) is 0. The fraction of sp³-hybridized carbons (Fsp3) is 0.300. The third-order valence-corrected chi connectivity index (χ3v) is 8.10. The predicted octanol–water partition coefficient (Wildman–Crippen LogP) is 1.79. The van der Waals surface area contributed by atoms with Crippen LogP contribution in [-0.2, 0) is 24.1 Å². The fourth-order valence-electron chi connectivity index (χ4n) is 3.73. The van der Waals surface area contributed by atoms with E-state index in [1.165, 1.54) is 25.6 Å². The van der Waals surface area contributed by atoms with Crippen molar-refractivity contribution in [3.8, 4) is 0 Å². The number of imidazole rings is 1. The first-order valence-electron chi connectivity index (χ1n) is 9.41.